The van der Waals surface area contributed by atoms with Crippen LogP contribution in [-0.4, -0.2) is 53.0 Å². The Morgan fingerprint density at radius 2 is 1.78 bits per heavy atom. The van der Waals surface area contributed by atoms with Crippen LogP contribution in [0.4, 0.5) is 4.79 Å². The minimum Gasteiger partial charge on any atom is -0.486 e. The average Bonchev–Trinajstić information content (AvgIpc) is 2.79. The van der Waals surface area contributed by atoms with E-state index in [1.54, 1.807) is 25.7 Å². The molecule has 2 aliphatic rings. The van der Waals surface area contributed by atoms with Crippen molar-refractivity contribution in [3.8, 4) is 5.75 Å². The number of nitrogens with zero attached hydrogens (tertiary/aromatic N) is 1. The van der Waals surface area contributed by atoms with E-state index < -0.39 is 23.3 Å². The van der Waals surface area contributed by atoms with Gasteiger partial charge in [0, 0.05) is 32.4 Å². The Hall–Kier alpha value is -3.35. The van der Waals surface area contributed by atoms with Crippen molar-refractivity contribution in [2.75, 3.05) is 13.1 Å². The first-order valence-electron chi connectivity index (χ1n) is 12.6. The van der Waals surface area contributed by atoms with Gasteiger partial charge < -0.3 is 19.7 Å². The summed E-state index contributed by atoms with van der Waals surface area (Å²) in [6.07, 6.45) is 1.17. The van der Waals surface area contributed by atoms with Crippen molar-refractivity contribution in [3.63, 3.8) is 0 Å². The third kappa shape index (κ3) is 5.89. The number of nitrogens with one attached hydrogen (secondary N) is 1. The number of amides is 2. The Morgan fingerprint density at radius 1 is 1.11 bits per heavy atom. The fraction of sp³-hybridized carbons (Fsp3) is 0.483. The normalized spacial score (nSPS) is 17.7. The molecule has 7 heteroatoms. The molecule has 2 aromatic rings. The Labute approximate surface area is 213 Å². The molecule has 1 N–H and O–H groups in total. The van der Waals surface area contributed by atoms with Crippen LogP contribution in [0.5, 0.6) is 5.75 Å². The van der Waals surface area contributed by atoms with Gasteiger partial charge in [-0.2, -0.15) is 0 Å². The number of hydrogen-bond donors (Lipinski definition) is 1. The molecule has 192 valence electrons. The molecule has 0 saturated carbocycles. The summed E-state index contributed by atoms with van der Waals surface area (Å²) < 4.78 is 11.9. The maximum atomic E-state index is 13.6. The Kier molecular flexibility index (Phi) is 7.12. The quantitative estimate of drug-likeness (QED) is 0.665. The number of aryl methyl sites for hydroxylation is 2. The lowest BCUT2D eigenvalue weighted by Gasteiger charge is -2.45. The Morgan fingerprint density at radius 3 is 2.42 bits per heavy atom. The van der Waals surface area contributed by atoms with Gasteiger partial charge in [0.05, 0.1) is 12.0 Å². The zero-order chi connectivity index (χ0) is 26.1. The highest BCUT2D eigenvalue weighted by atomic mass is 16.6. The molecule has 1 spiro atoms. The molecule has 7 nitrogen and oxygen atoms in total. The lowest BCUT2D eigenvalue weighted by atomic mass is 9.81. The maximum absolute atomic E-state index is 13.6. The van der Waals surface area contributed by atoms with E-state index in [-0.39, 0.29) is 11.7 Å². The number of carbonyl (C=O) groups is 3. The molecular weight excluding hydrogens is 456 g/mol. The van der Waals surface area contributed by atoms with Gasteiger partial charge in [-0.1, -0.05) is 36.4 Å². The number of benzene rings is 2. The minimum absolute atomic E-state index is 0.0939. The van der Waals surface area contributed by atoms with Crippen molar-refractivity contribution < 1.29 is 23.9 Å². The number of alkyl carbamates (subject to hydrolysis) is 1. The lowest BCUT2D eigenvalue weighted by molar-refractivity contribution is -0.137. The molecule has 2 aromatic carbocycles. The van der Waals surface area contributed by atoms with Crippen molar-refractivity contribution >= 4 is 17.8 Å². The number of ether oxygens (including phenoxy) is 2. The monoisotopic (exact) mass is 492 g/mol. The molecule has 4 rings (SSSR count). The van der Waals surface area contributed by atoms with Crippen LogP contribution in [0.1, 0.15) is 67.1 Å². The summed E-state index contributed by atoms with van der Waals surface area (Å²) in [7, 11) is 0. The fourth-order valence-corrected chi connectivity index (χ4v) is 5.07. The van der Waals surface area contributed by atoms with E-state index in [0.29, 0.717) is 50.1 Å². The zero-order valence-electron chi connectivity index (χ0n) is 21.8. The van der Waals surface area contributed by atoms with Crippen molar-refractivity contribution in [3.05, 3.63) is 64.7 Å². The summed E-state index contributed by atoms with van der Waals surface area (Å²) >= 11 is 0. The standard InChI is InChI=1S/C29H36N2O5/c1-19-15-20(2)25-22(16-19)24(32)18-29(35-25)11-13-31(14-12-29)26(33)23(17-21-9-7-6-8-10-21)30-27(34)36-28(3,4)5/h6-10,15-16,23H,11-14,17-18H2,1-5H3,(H,30,34). The predicted octanol–water partition coefficient (Wildman–Crippen LogP) is 4.77. The van der Waals surface area contributed by atoms with Gasteiger partial charge in [0.25, 0.3) is 0 Å². The molecular formula is C29H36N2O5. The van der Waals surface area contributed by atoms with Gasteiger partial charge >= 0.3 is 6.09 Å². The van der Waals surface area contributed by atoms with Crippen LogP contribution in [0.25, 0.3) is 0 Å². The van der Waals surface area contributed by atoms with E-state index in [0.717, 1.165) is 16.7 Å². The van der Waals surface area contributed by atoms with Gasteiger partial charge in [0.2, 0.25) is 5.91 Å². The number of fused-ring (bicyclic) bond motifs is 1. The third-order valence-electron chi connectivity index (χ3n) is 6.78. The Balaban J connectivity index is 1.47. The van der Waals surface area contributed by atoms with Gasteiger partial charge in [-0.25, -0.2) is 4.79 Å². The molecule has 0 aromatic heterocycles. The van der Waals surface area contributed by atoms with E-state index in [9.17, 15) is 14.4 Å². The second-order valence-electron chi connectivity index (χ2n) is 11.1. The maximum Gasteiger partial charge on any atom is 0.408 e. The van der Waals surface area contributed by atoms with Gasteiger partial charge in [-0.3, -0.25) is 9.59 Å². The van der Waals surface area contributed by atoms with Crippen molar-refractivity contribution in [1.29, 1.82) is 0 Å². The summed E-state index contributed by atoms with van der Waals surface area (Å²) in [5.41, 5.74) is 2.33. The first kappa shape index (κ1) is 25.7. The highest BCUT2D eigenvalue weighted by molar-refractivity contribution is 6.01. The molecule has 0 bridgehead atoms. The summed E-state index contributed by atoms with van der Waals surface area (Å²) in [5, 5.41) is 2.79. The van der Waals surface area contributed by atoms with E-state index in [1.165, 1.54) is 0 Å². The van der Waals surface area contributed by atoms with E-state index in [1.807, 2.05) is 56.3 Å². The van der Waals surface area contributed by atoms with Crippen LogP contribution in [0.2, 0.25) is 0 Å². The second kappa shape index (κ2) is 9.96. The van der Waals surface area contributed by atoms with E-state index in [2.05, 4.69) is 5.32 Å². The summed E-state index contributed by atoms with van der Waals surface area (Å²) in [4.78, 5) is 40.9. The van der Waals surface area contributed by atoms with Crippen LogP contribution in [0.15, 0.2) is 42.5 Å². The number of ketones is 1. The summed E-state index contributed by atoms with van der Waals surface area (Å²) in [5.74, 6) is 0.607. The molecule has 1 saturated heterocycles. The van der Waals surface area contributed by atoms with E-state index >= 15 is 0 Å². The van der Waals surface area contributed by atoms with Crippen LogP contribution < -0.4 is 10.1 Å². The summed E-state index contributed by atoms with van der Waals surface area (Å²) in [6, 6.07) is 12.8. The van der Waals surface area contributed by atoms with Crippen molar-refractivity contribution in [2.24, 2.45) is 0 Å². The fourth-order valence-electron chi connectivity index (χ4n) is 5.07. The van der Waals surface area contributed by atoms with Gasteiger partial charge in [-0.15, -0.1) is 0 Å². The minimum atomic E-state index is -0.754. The number of rotatable bonds is 4. The number of hydrogen-bond acceptors (Lipinski definition) is 5. The number of piperidine rings is 1. The molecule has 0 aliphatic carbocycles. The van der Waals surface area contributed by atoms with Crippen LogP contribution in [-0.2, 0) is 16.0 Å². The molecule has 1 atom stereocenters. The Bertz CT molecular complexity index is 1140. The van der Waals surface area contributed by atoms with Crippen LogP contribution in [0, 0.1) is 13.8 Å². The number of carbonyl (C=O) groups excluding carboxylic acids is 3. The molecule has 1 unspecified atom stereocenters. The van der Waals surface area contributed by atoms with Gasteiger partial charge in [-0.05, 0) is 57.4 Å². The smallest absolute Gasteiger partial charge is 0.408 e. The van der Waals surface area contributed by atoms with E-state index in [4.69, 9.17) is 9.47 Å². The molecule has 0 radical (unpaired) electrons. The van der Waals surface area contributed by atoms with Crippen molar-refractivity contribution in [2.45, 2.75) is 77.5 Å². The second-order valence-corrected chi connectivity index (χ2v) is 11.1. The van der Waals surface area contributed by atoms with Crippen LogP contribution in [0.3, 0.4) is 0 Å². The number of Topliss-reactive ketones (excluding diaryl/α,β-unsaturated/α-hetero) is 1. The largest absolute Gasteiger partial charge is 0.486 e. The molecule has 2 amide bonds. The third-order valence-corrected chi connectivity index (χ3v) is 6.78. The van der Waals surface area contributed by atoms with Gasteiger partial charge in [0.1, 0.15) is 23.0 Å². The lowest BCUT2D eigenvalue weighted by Crippen LogP contribution is -2.56. The first-order valence-corrected chi connectivity index (χ1v) is 12.6. The van der Waals surface area contributed by atoms with Crippen LogP contribution >= 0.6 is 0 Å². The highest BCUT2D eigenvalue weighted by Gasteiger charge is 2.45. The SMILES string of the molecule is Cc1cc(C)c2c(c1)C(=O)CC1(CCN(C(=O)C(Cc3ccccc3)NC(=O)OC(C)(C)C)CC1)O2. The van der Waals surface area contributed by atoms with Gasteiger partial charge in [0.15, 0.2) is 5.78 Å². The summed E-state index contributed by atoms with van der Waals surface area (Å²) in [6.45, 7) is 10.2. The first-order chi connectivity index (χ1) is 16.9. The number of likely N-dealkylation sites (tertiary alicyclic amines) is 1. The van der Waals surface area contributed by atoms with Crippen molar-refractivity contribution in [1.82, 2.24) is 10.2 Å². The molecule has 2 aliphatic heterocycles. The average molecular weight is 493 g/mol. The molecule has 36 heavy (non-hydrogen) atoms. The molecule has 2 heterocycles. The predicted molar refractivity (Wildman–Crippen MR) is 137 cm³/mol. The highest BCUT2D eigenvalue weighted by Crippen LogP contribution is 2.41. The topological polar surface area (TPSA) is 84.9 Å². The zero-order valence-corrected chi connectivity index (χ0v) is 21.8. The molecule has 1 fully saturated rings.